The third-order valence-corrected chi connectivity index (χ3v) is 4.90. The van der Waals surface area contributed by atoms with Crippen LogP contribution < -0.4 is 10.6 Å². The van der Waals surface area contributed by atoms with Crippen molar-refractivity contribution >= 4 is 17.4 Å². The number of urea groups is 1. The molecule has 0 radical (unpaired) electrons. The van der Waals surface area contributed by atoms with Gasteiger partial charge >= 0.3 is 6.03 Å². The van der Waals surface area contributed by atoms with Gasteiger partial charge in [-0.15, -0.1) is 11.3 Å². The van der Waals surface area contributed by atoms with E-state index in [2.05, 4.69) is 28.1 Å². The largest absolute Gasteiger partial charge is 0.337 e. The molecule has 0 aliphatic heterocycles. The lowest BCUT2D eigenvalue weighted by Crippen LogP contribution is -2.39. The van der Waals surface area contributed by atoms with Crippen LogP contribution >= 0.6 is 11.3 Å². The zero-order chi connectivity index (χ0) is 13.8. The van der Waals surface area contributed by atoms with Crippen molar-refractivity contribution in [2.75, 3.05) is 6.54 Å². The Kier molecular flexibility index (Phi) is 3.74. The molecule has 1 aliphatic carbocycles. The van der Waals surface area contributed by atoms with Crippen LogP contribution in [0.15, 0.2) is 47.8 Å². The number of benzene rings is 1. The molecule has 4 heteroatoms. The van der Waals surface area contributed by atoms with Crippen molar-refractivity contribution in [1.29, 1.82) is 0 Å². The van der Waals surface area contributed by atoms with E-state index in [1.54, 1.807) is 11.3 Å². The Bertz CT molecular complexity index is 561. The normalized spacial score (nSPS) is 15.6. The fourth-order valence-electron chi connectivity index (χ4n) is 2.33. The van der Waals surface area contributed by atoms with Crippen molar-refractivity contribution in [2.45, 2.75) is 24.8 Å². The first-order valence-corrected chi connectivity index (χ1v) is 7.76. The summed E-state index contributed by atoms with van der Waals surface area (Å²) in [6.45, 7) is 1.30. The number of nitrogens with one attached hydrogen (secondary N) is 2. The summed E-state index contributed by atoms with van der Waals surface area (Å²) < 4.78 is 0. The van der Waals surface area contributed by atoms with Crippen LogP contribution in [0.2, 0.25) is 0 Å². The van der Waals surface area contributed by atoms with E-state index < -0.39 is 0 Å². The number of rotatable bonds is 5. The van der Waals surface area contributed by atoms with Gasteiger partial charge in [0.15, 0.2) is 0 Å². The quantitative estimate of drug-likeness (QED) is 0.870. The van der Waals surface area contributed by atoms with Crippen LogP contribution in [0.25, 0.3) is 0 Å². The summed E-state index contributed by atoms with van der Waals surface area (Å²) in [6.07, 6.45) is 2.35. The van der Waals surface area contributed by atoms with Gasteiger partial charge in [-0.25, -0.2) is 4.79 Å². The first-order chi connectivity index (χ1) is 9.78. The molecule has 0 unspecified atom stereocenters. The van der Waals surface area contributed by atoms with E-state index in [0.717, 1.165) is 12.1 Å². The van der Waals surface area contributed by atoms with E-state index in [-0.39, 0.29) is 11.4 Å². The SMILES string of the molecule is O=C(NCc1ccccc1)NCC1(c2cccs2)CC1. The maximum atomic E-state index is 11.8. The molecule has 1 aromatic carbocycles. The molecule has 0 spiro atoms. The highest BCUT2D eigenvalue weighted by Crippen LogP contribution is 2.49. The minimum atomic E-state index is -0.0864. The van der Waals surface area contributed by atoms with Crippen molar-refractivity contribution in [3.63, 3.8) is 0 Å². The van der Waals surface area contributed by atoms with E-state index >= 15 is 0 Å². The summed E-state index contributed by atoms with van der Waals surface area (Å²) in [6, 6.07) is 14.1. The summed E-state index contributed by atoms with van der Waals surface area (Å²) in [7, 11) is 0. The number of hydrogen-bond acceptors (Lipinski definition) is 2. The average molecular weight is 286 g/mol. The van der Waals surface area contributed by atoms with Gasteiger partial charge in [-0.05, 0) is 29.9 Å². The Morgan fingerprint density at radius 2 is 1.90 bits per heavy atom. The molecular formula is C16H18N2OS. The van der Waals surface area contributed by atoms with Crippen molar-refractivity contribution in [1.82, 2.24) is 10.6 Å². The zero-order valence-electron chi connectivity index (χ0n) is 11.3. The predicted octanol–water partition coefficient (Wildman–Crippen LogP) is 3.28. The van der Waals surface area contributed by atoms with Gasteiger partial charge in [-0.1, -0.05) is 36.4 Å². The maximum Gasteiger partial charge on any atom is 0.315 e. The second-order valence-electron chi connectivity index (χ2n) is 5.28. The minimum Gasteiger partial charge on any atom is -0.337 e. The molecule has 1 saturated carbocycles. The van der Waals surface area contributed by atoms with E-state index in [4.69, 9.17) is 0 Å². The monoisotopic (exact) mass is 286 g/mol. The number of carbonyl (C=O) groups is 1. The number of amides is 2. The molecule has 104 valence electrons. The van der Waals surface area contributed by atoms with E-state index in [9.17, 15) is 4.79 Å². The fourth-order valence-corrected chi connectivity index (χ4v) is 3.32. The van der Waals surface area contributed by atoms with Gasteiger partial charge in [0.1, 0.15) is 0 Å². The van der Waals surface area contributed by atoms with Gasteiger partial charge in [0.05, 0.1) is 0 Å². The van der Waals surface area contributed by atoms with Crippen LogP contribution in [-0.2, 0) is 12.0 Å². The Morgan fingerprint density at radius 3 is 2.55 bits per heavy atom. The predicted molar refractivity (Wildman–Crippen MR) is 81.9 cm³/mol. The first kappa shape index (κ1) is 13.2. The molecule has 3 nitrogen and oxygen atoms in total. The lowest BCUT2D eigenvalue weighted by molar-refractivity contribution is 0.239. The van der Waals surface area contributed by atoms with Gasteiger partial charge in [0, 0.05) is 23.4 Å². The highest BCUT2D eigenvalue weighted by atomic mass is 32.1. The highest BCUT2D eigenvalue weighted by molar-refractivity contribution is 7.10. The van der Waals surface area contributed by atoms with Gasteiger partial charge < -0.3 is 10.6 Å². The van der Waals surface area contributed by atoms with Crippen LogP contribution in [0.4, 0.5) is 4.79 Å². The molecule has 1 fully saturated rings. The zero-order valence-corrected chi connectivity index (χ0v) is 12.1. The average Bonchev–Trinajstić information content (AvgIpc) is 3.07. The Balaban J connectivity index is 1.46. The highest BCUT2D eigenvalue weighted by Gasteiger charge is 2.45. The summed E-state index contributed by atoms with van der Waals surface area (Å²) in [5.74, 6) is 0. The topological polar surface area (TPSA) is 41.1 Å². The molecule has 2 aromatic rings. The van der Waals surface area contributed by atoms with Crippen molar-refractivity contribution in [2.24, 2.45) is 0 Å². The number of thiophene rings is 1. The third kappa shape index (κ3) is 3.02. The first-order valence-electron chi connectivity index (χ1n) is 6.88. The van der Waals surface area contributed by atoms with Gasteiger partial charge in [0.2, 0.25) is 0 Å². The Hall–Kier alpha value is -1.81. The number of hydrogen-bond donors (Lipinski definition) is 2. The van der Waals surface area contributed by atoms with Crippen LogP contribution in [0.1, 0.15) is 23.3 Å². The van der Waals surface area contributed by atoms with Gasteiger partial charge in [-0.2, -0.15) is 0 Å². The summed E-state index contributed by atoms with van der Waals surface area (Å²) in [4.78, 5) is 13.2. The molecule has 1 aromatic heterocycles. The van der Waals surface area contributed by atoms with Crippen LogP contribution in [-0.4, -0.2) is 12.6 Å². The summed E-state index contributed by atoms with van der Waals surface area (Å²) in [5.41, 5.74) is 1.32. The van der Waals surface area contributed by atoms with Crippen molar-refractivity contribution in [3.8, 4) is 0 Å². The van der Waals surface area contributed by atoms with Gasteiger partial charge in [-0.3, -0.25) is 0 Å². The fraction of sp³-hybridized carbons (Fsp3) is 0.312. The summed E-state index contributed by atoms with van der Waals surface area (Å²) >= 11 is 1.78. The lowest BCUT2D eigenvalue weighted by atomic mass is 10.1. The molecule has 1 aliphatic rings. The van der Waals surface area contributed by atoms with E-state index in [0.29, 0.717) is 6.54 Å². The van der Waals surface area contributed by atoms with Crippen molar-refractivity contribution < 1.29 is 4.79 Å². The molecular weight excluding hydrogens is 268 g/mol. The molecule has 2 N–H and O–H groups in total. The van der Waals surface area contributed by atoms with Crippen molar-refractivity contribution in [3.05, 3.63) is 58.3 Å². The Morgan fingerprint density at radius 1 is 1.10 bits per heavy atom. The third-order valence-electron chi connectivity index (χ3n) is 3.78. The standard InChI is InChI=1S/C16H18N2OS/c19-15(17-11-13-5-2-1-3-6-13)18-12-16(8-9-16)14-7-4-10-20-14/h1-7,10H,8-9,11-12H2,(H2,17,18,19). The maximum absolute atomic E-state index is 11.8. The van der Waals surface area contributed by atoms with Crippen LogP contribution in [0.3, 0.4) is 0 Å². The minimum absolute atomic E-state index is 0.0864. The molecule has 20 heavy (non-hydrogen) atoms. The van der Waals surface area contributed by atoms with Crippen LogP contribution in [0.5, 0.6) is 0 Å². The van der Waals surface area contributed by atoms with E-state index in [1.165, 1.54) is 17.7 Å². The molecule has 0 atom stereocenters. The van der Waals surface area contributed by atoms with E-state index in [1.807, 2.05) is 30.3 Å². The molecule has 3 rings (SSSR count). The molecule has 0 bridgehead atoms. The van der Waals surface area contributed by atoms with Gasteiger partial charge in [0.25, 0.3) is 0 Å². The Labute approximate surface area is 123 Å². The summed E-state index contributed by atoms with van der Waals surface area (Å²) in [5, 5.41) is 8.00. The molecule has 1 heterocycles. The lowest BCUT2D eigenvalue weighted by Gasteiger charge is -2.15. The van der Waals surface area contributed by atoms with Crippen LogP contribution in [0, 0.1) is 0 Å². The number of carbonyl (C=O) groups excluding carboxylic acids is 1. The molecule has 2 amide bonds. The smallest absolute Gasteiger partial charge is 0.315 e. The second kappa shape index (κ2) is 5.67. The second-order valence-corrected chi connectivity index (χ2v) is 6.23. The molecule has 0 saturated heterocycles.